The lowest BCUT2D eigenvalue weighted by Crippen LogP contribution is -2.35. The standard InChI is InChI=1S/C24H24N4O3/c29-24(19-13-25-28(16-19)14-18-4-2-1-3-5-18)26-21-6-7-23-22(12-21)20(17-31-23)15-27-8-10-30-11-9-27/h1-7,12-13,16-17H,8-11,14-15H2,(H,26,29). The highest BCUT2D eigenvalue weighted by atomic mass is 16.5. The van der Waals surface area contributed by atoms with Crippen LogP contribution in [-0.2, 0) is 17.8 Å². The predicted octanol–water partition coefficient (Wildman–Crippen LogP) is 3.76. The van der Waals surface area contributed by atoms with E-state index in [9.17, 15) is 4.79 Å². The van der Waals surface area contributed by atoms with Gasteiger partial charge in [-0.25, -0.2) is 0 Å². The van der Waals surface area contributed by atoms with Gasteiger partial charge in [0.05, 0.1) is 37.8 Å². The van der Waals surface area contributed by atoms with Gasteiger partial charge in [0, 0.05) is 42.5 Å². The van der Waals surface area contributed by atoms with E-state index in [2.05, 4.69) is 15.3 Å². The van der Waals surface area contributed by atoms with Crippen molar-refractivity contribution in [1.29, 1.82) is 0 Å². The summed E-state index contributed by atoms with van der Waals surface area (Å²) in [6.07, 6.45) is 5.17. The largest absolute Gasteiger partial charge is 0.464 e. The Morgan fingerprint density at radius 1 is 1.06 bits per heavy atom. The van der Waals surface area contributed by atoms with E-state index in [0.717, 1.165) is 60.6 Å². The first-order valence-electron chi connectivity index (χ1n) is 10.4. The average Bonchev–Trinajstić information content (AvgIpc) is 3.43. The minimum atomic E-state index is -0.183. The lowest BCUT2D eigenvalue weighted by molar-refractivity contribution is 0.0342. The van der Waals surface area contributed by atoms with Crippen LogP contribution in [0.3, 0.4) is 0 Å². The van der Waals surface area contributed by atoms with E-state index >= 15 is 0 Å². The van der Waals surface area contributed by atoms with Gasteiger partial charge in [0.15, 0.2) is 0 Å². The summed E-state index contributed by atoms with van der Waals surface area (Å²) in [5, 5.41) is 8.32. The molecule has 0 radical (unpaired) electrons. The SMILES string of the molecule is O=C(Nc1ccc2occ(CN3CCOCC3)c2c1)c1cnn(Cc2ccccc2)c1. The van der Waals surface area contributed by atoms with Gasteiger partial charge < -0.3 is 14.5 Å². The third kappa shape index (κ3) is 4.52. The van der Waals surface area contributed by atoms with Crippen LogP contribution >= 0.6 is 0 Å². The Bertz CT molecular complexity index is 1180. The summed E-state index contributed by atoms with van der Waals surface area (Å²) in [6, 6.07) is 15.8. The highest BCUT2D eigenvalue weighted by Gasteiger charge is 2.15. The molecule has 0 bridgehead atoms. The van der Waals surface area contributed by atoms with Crippen molar-refractivity contribution in [3.8, 4) is 0 Å². The van der Waals surface area contributed by atoms with Gasteiger partial charge in [0.1, 0.15) is 5.58 Å². The molecule has 7 nitrogen and oxygen atoms in total. The Morgan fingerprint density at radius 3 is 2.74 bits per heavy atom. The number of hydrogen-bond acceptors (Lipinski definition) is 5. The molecule has 0 spiro atoms. The van der Waals surface area contributed by atoms with Crippen LogP contribution in [0.2, 0.25) is 0 Å². The summed E-state index contributed by atoms with van der Waals surface area (Å²) in [4.78, 5) is 15.1. The number of furan rings is 1. The number of anilines is 1. The van der Waals surface area contributed by atoms with E-state index in [1.165, 1.54) is 0 Å². The molecule has 1 saturated heterocycles. The van der Waals surface area contributed by atoms with Crippen molar-refractivity contribution in [2.75, 3.05) is 31.6 Å². The molecule has 158 valence electrons. The fourth-order valence-corrected chi connectivity index (χ4v) is 3.82. The molecule has 31 heavy (non-hydrogen) atoms. The molecule has 1 fully saturated rings. The maximum Gasteiger partial charge on any atom is 0.258 e. The van der Waals surface area contributed by atoms with Gasteiger partial charge in [-0.05, 0) is 23.8 Å². The van der Waals surface area contributed by atoms with Crippen molar-refractivity contribution in [2.45, 2.75) is 13.1 Å². The number of benzene rings is 2. The lowest BCUT2D eigenvalue weighted by atomic mass is 10.1. The van der Waals surface area contributed by atoms with E-state index in [-0.39, 0.29) is 5.91 Å². The molecule has 2 aromatic carbocycles. The normalized spacial score (nSPS) is 14.7. The van der Waals surface area contributed by atoms with Gasteiger partial charge in [-0.2, -0.15) is 5.10 Å². The lowest BCUT2D eigenvalue weighted by Gasteiger charge is -2.26. The van der Waals surface area contributed by atoms with Crippen molar-refractivity contribution in [3.05, 3.63) is 83.9 Å². The summed E-state index contributed by atoms with van der Waals surface area (Å²) in [5.41, 5.74) is 4.33. The molecular formula is C24H24N4O3. The van der Waals surface area contributed by atoms with Crippen LogP contribution in [0, 0.1) is 0 Å². The third-order valence-corrected chi connectivity index (χ3v) is 5.49. The maximum absolute atomic E-state index is 12.7. The van der Waals surface area contributed by atoms with E-state index in [1.807, 2.05) is 48.5 Å². The molecule has 0 saturated carbocycles. The Morgan fingerprint density at radius 2 is 1.90 bits per heavy atom. The third-order valence-electron chi connectivity index (χ3n) is 5.49. The van der Waals surface area contributed by atoms with Gasteiger partial charge in [-0.15, -0.1) is 0 Å². The molecule has 0 aliphatic carbocycles. The predicted molar refractivity (Wildman–Crippen MR) is 118 cm³/mol. The minimum Gasteiger partial charge on any atom is -0.464 e. The first kappa shape index (κ1) is 19.5. The van der Waals surface area contributed by atoms with Crippen LogP contribution in [0.15, 0.2) is 71.6 Å². The van der Waals surface area contributed by atoms with E-state index in [4.69, 9.17) is 9.15 Å². The van der Waals surface area contributed by atoms with Crippen LogP contribution in [0.1, 0.15) is 21.5 Å². The fraction of sp³-hybridized carbons (Fsp3) is 0.250. The number of fused-ring (bicyclic) bond motifs is 1. The monoisotopic (exact) mass is 416 g/mol. The zero-order valence-electron chi connectivity index (χ0n) is 17.2. The first-order valence-corrected chi connectivity index (χ1v) is 10.4. The molecule has 0 unspecified atom stereocenters. The number of carbonyl (C=O) groups is 1. The van der Waals surface area contributed by atoms with E-state index in [0.29, 0.717) is 12.1 Å². The second-order valence-corrected chi connectivity index (χ2v) is 7.73. The van der Waals surface area contributed by atoms with Crippen molar-refractivity contribution in [3.63, 3.8) is 0 Å². The van der Waals surface area contributed by atoms with Crippen LogP contribution < -0.4 is 5.32 Å². The molecule has 3 heterocycles. The molecule has 4 aromatic rings. The number of nitrogens with zero attached hydrogens (tertiary/aromatic N) is 3. The fourth-order valence-electron chi connectivity index (χ4n) is 3.82. The smallest absolute Gasteiger partial charge is 0.258 e. The summed E-state index contributed by atoms with van der Waals surface area (Å²) < 4.78 is 12.9. The number of nitrogens with one attached hydrogen (secondary N) is 1. The van der Waals surface area contributed by atoms with Gasteiger partial charge in [-0.1, -0.05) is 30.3 Å². The average molecular weight is 416 g/mol. The first-order chi connectivity index (χ1) is 15.2. The van der Waals surface area contributed by atoms with Crippen LogP contribution in [-0.4, -0.2) is 46.9 Å². The Balaban J connectivity index is 1.28. The van der Waals surface area contributed by atoms with Gasteiger partial charge in [0.2, 0.25) is 0 Å². The van der Waals surface area contributed by atoms with Crippen molar-refractivity contribution in [1.82, 2.24) is 14.7 Å². The second kappa shape index (κ2) is 8.75. The van der Waals surface area contributed by atoms with Crippen LogP contribution in [0.25, 0.3) is 11.0 Å². The highest BCUT2D eigenvalue weighted by molar-refractivity contribution is 6.04. The zero-order chi connectivity index (χ0) is 21.0. The van der Waals surface area contributed by atoms with Crippen molar-refractivity contribution < 1.29 is 13.9 Å². The van der Waals surface area contributed by atoms with Crippen molar-refractivity contribution in [2.24, 2.45) is 0 Å². The molecule has 7 heteroatoms. The summed E-state index contributed by atoms with van der Waals surface area (Å²) in [6.45, 7) is 4.77. The molecule has 5 rings (SSSR count). The second-order valence-electron chi connectivity index (χ2n) is 7.73. The number of hydrogen-bond donors (Lipinski definition) is 1. The quantitative estimate of drug-likeness (QED) is 0.518. The molecule has 1 aliphatic rings. The zero-order valence-corrected chi connectivity index (χ0v) is 17.2. The summed E-state index contributed by atoms with van der Waals surface area (Å²) in [7, 11) is 0. The van der Waals surface area contributed by atoms with E-state index in [1.54, 1.807) is 23.3 Å². The van der Waals surface area contributed by atoms with E-state index < -0.39 is 0 Å². The molecule has 0 atom stereocenters. The minimum absolute atomic E-state index is 0.183. The van der Waals surface area contributed by atoms with Crippen molar-refractivity contribution >= 4 is 22.6 Å². The Kier molecular flexibility index (Phi) is 5.52. The number of amides is 1. The Hall–Kier alpha value is -3.42. The number of carbonyl (C=O) groups excluding carboxylic acids is 1. The van der Waals surface area contributed by atoms with Crippen LogP contribution in [0.5, 0.6) is 0 Å². The molecule has 1 N–H and O–H groups in total. The number of rotatable bonds is 6. The summed E-state index contributed by atoms with van der Waals surface area (Å²) >= 11 is 0. The number of aromatic nitrogens is 2. The summed E-state index contributed by atoms with van der Waals surface area (Å²) in [5.74, 6) is -0.183. The highest BCUT2D eigenvalue weighted by Crippen LogP contribution is 2.26. The van der Waals surface area contributed by atoms with Gasteiger partial charge in [0.25, 0.3) is 5.91 Å². The topological polar surface area (TPSA) is 72.5 Å². The molecular weight excluding hydrogens is 392 g/mol. The Labute approximate surface area is 180 Å². The van der Waals surface area contributed by atoms with Gasteiger partial charge >= 0.3 is 0 Å². The molecule has 2 aromatic heterocycles. The number of ether oxygens (including phenoxy) is 1. The van der Waals surface area contributed by atoms with Crippen LogP contribution in [0.4, 0.5) is 5.69 Å². The number of morpholine rings is 1. The van der Waals surface area contributed by atoms with Gasteiger partial charge in [-0.3, -0.25) is 14.4 Å². The molecule has 1 amide bonds. The molecule has 1 aliphatic heterocycles. The maximum atomic E-state index is 12.7.